The lowest BCUT2D eigenvalue weighted by atomic mass is 9.97. The molecule has 4 heteroatoms. The fourth-order valence-corrected chi connectivity index (χ4v) is 2.69. The van der Waals surface area contributed by atoms with Gasteiger partial charge in [-0.3, -0.25) is 4.90 Å². The minimum absolute atomic E-state index is 0.0802. The first kappa shape index (κ1) is 14.8. The second kappa shape index (κ2) is 5.43. The van der Waals surface area contributed by atoms with E-state index in [-0.39, 0.29) is 5.54 Å². The quantitative estimate of drug-likeness (QED) is 0.897. The van der Waals surface area contributed by atoms with E-state index in [9.17, 15) is 5.11 Å². The molecule has 1 aliphatic heterocycles. The Hall–Kier alpha value is -1.57. The summed E-state index contributed by atoms with van der Waals surface area (Å²) in [4.78, 5) is 4.63. The molecule has 0 aromatic heterocycles. The van der Waals surface area contributed by atoms with E-state index in [4.69, 9.17) is 5.26 Å². The standard InChI is InChI=1S/C16H23N3O/c1-12(20)14-6-5-13(10-17)9-15(14)19-8-7-18(4)16(2,3)11-19/h5-6,9,12,20H,7-8,11H2,1-4H3/t12-/m0/s1. The molecule has 1 saturated heterocycles. The van der Waals surface area contributed by atoms with Crippen LogP contribution in [0.3, 0.4) is 0 Å². The van der Waals surface area contributed by atoms with Crippen LogP contribution in [0.5, 0.6) is 0 Å². The normalized spacial score (nSPS) is 20.5. The van der Waals surface area contributed by atoms with Gasteiger partial charge in [0.15, 0.2) is 0 Å². The number of anilines is 1. The predicted octanol–water partition coefficient (Wildman–Crippen LogP) is 2.14. The van der Waals surface area contributed by atoms with Crippen molar-refractivity contribution in [3.63, 3.8) is 0 Å². The van der Waals surface area contributed by atoms with E-state index in [1.807, 2.05) is 12.1 Å². The minimum atomic E-state index is -0.527. The highest BCUT2D eigenvalue weighted by atomic mass is 16.3. The van der Waals surface area contributed by atoms with E-state index in [0.29, 0.717) is 5.56 Å². The van der Waals surface area contributed by atoms with Crippen LogP contribution in [-0.2, 0) is 0 Å². The summed E-state index contributed by atoms with van der Waals surface area (Å²) in [5.74, 6) is 0. The Morgan fingerprint density at radius 2 is 2.05 bits per heavy atom. The van der Waals surface area contributed by atoms with Gasteiger partial charge in [0.25, 0.3) is 0 Å². The predicted molar refractivity (Wildman–Crippen MR) is 80.7 cm³/mol. The van der Waals surface area contributed by atoms with Crippen LogP contribution in [0.15, 0.2) is 18.2 Å². The molecule has 0 aliphatic carbocycles. The van der Waals surface area contributed by atoms with E-state index < -0.39 is 6.10 Å². The van der Waals surface area contributed by atoms with Crippen molar-refractivity contribution in [2.24, 2.45) is 0 Å². The van der Waals surface area contributed by atoms with Gasteiger partial charge >= 0.3 is 0 Å². The molecule has 1 heterocycles. The molecule has 0 amide bonds. The summed E-state index contributed by atoms with van der Waals surface area (Å²) < 4.78 is 0. The summed E-state index contributed by atoms with van der Waals surface area (Å²) in [5, 5.41) is 19.1. The van der Waals surface area contributed by atoms with Crippen molar-refractivity contribution in [2.75, 3.05) is 31.6 Å². The average molecular weight is 273 g/mol. The van der Waals surface area contributed by atoms with Crippen LogP contribution in [-0.4, -0.2) is 42.2 Å². The average Bonchev–Trinajstić information content (AvgIpc) is 2.41. The largest absolute Gasteiger partial charge is 0.389 e. The Kier molecular flexibility index (Phi) is 4.03. The van der Waals surface area contributed by atoms with E-state index in [2.05, 4.69) is 36.8 Å². The summed E-state index contributed by atoms with van der Waals surface area (Å²) in [6.45, 7) is 8.98. The summed E-state index contributed by atoms with van der Waals surface area (Å²) in [7, 11) is 2.14. The highest BCUT2D eigenvalue weighted by Crippen LogP contribution is 2.31. The van der Waals surface area contributed by atoms with Crippen LogP contribution in [0.25, 0.3) is 0 Å². The zero-order valence-corrected chi connectivity index (χ0v) is 12.7. The van der Waals surface area contributed by atoms with Crippen molar-refractivity contribution in [3.8, 4) is 6.07 Å². The van der Waals surface area contributed by atoms with Gasteiger partial charge in [0.05, 0.1) is 17.7 Å². The molecule has 1 fully saturated rings. The fourth-order valence-electron chi connectivity index (χ4n) is 2.69. The summed E-state index contributed by atoms with van der Waals surface area (Å²) in [5.41, 5.74) is 2.60. The van der Waals surface area contributed by atoms with Crippen LogP contribution < -0.4 is 4.90 Å². The molecule has 1 aliphatic rings. The molecule has 108 valence electrons. The Balaban J connectivity index is 2.39. The molecule has 1 atom stereocenters. The number of aliphatic hydroxyl groups excluding tert-OH is 1. The van der Waals surface area contributed by atoms with Gasteiger partial charge in [-0.15, -0.1) is 0 Å². The first-order valence-corrected chi connectivity index (χ1v) is 7.03. The smallest absolute Gasteiger partial charge is 0.0992 e. The van der Waals surface area contributed by atoms with Crippen molar-refractivity contribution in [3.05, 3.63) is 29.3 Å². The zero-order valence-electron chi connectivity index (χ0n) is 12.7. The lowest BCUT2D eigenvalue weighted by Gasteiger charge is -2.46. The molecule has 1 N–H and O–H groups in total. The monoisotopic (exact) mass is 273 g/mol. The topological polar surface area (TPSA) is 50.5 Å². The molecule has 0 spiro atoms. The number of aliphatic hydroxyl groups is 1. The van der Waals surface area contributed by atoms with Gasteiger partial charge in [0, 0.05) is 36.4 Å². The number of benzene rings is 1. The minimum Gasteiger partial charge on any atom is -0.389 e. The molecule has 2 rings (SSSR count). The van der Waals surface area contributed by atoms with Crippen LogP contribution in [0.1, 0.15) is 38.0 Å². The summed E-state index contributed by atoms with van der Waals surface area (Å²) in [6, 6.07) is 7.71. The number of rotatable bonds is 2. The highest BCUT2D eigenvalue weighted by Gasteiger charge is 2.32. The zero-order chi connectivity index (χ0) is 14.9. The second-order valence-electron chi connectivity index (χ2n) is 6.22. The van der Waals surface area contributed by atoms with Crippen LogP contribution in [0.4, 0.5) is 5.69 Å². The molecule has 0 radical (unpaired) electrons. The van der Waals surface area contributed by atoms with E-state index in [1.165, 1.54) is 0 Å². The van der Waals surface area contributed by atoms with Crippen molar-refractivity contribution >= 4 is 5.69 Å². The van der Waals surface area contributed by atoms with E-state index in [0.717, 1.165) is 30.9 Å². The molecular weight excluding hydrogens is 250 g/mol. The molecule has 0 bridgehead atoms. The fraction of sp³-hybridized carbons (Fsp3) is 0.562. The Bertz CT molecular complexity index is 531. The summed E-state index contributed by atoms with van der Waals surface area (Å²) in [6.07, 6.45) is -0.527. The molecule has 1 aromatic carbocycles. The number of piperazine rings is 1. The van der Waals surface area contributed by atoms with Gasteiger partial charge in [-0.1, -0.05) is 6.07 Å². The second-order valence-corrected chi connectivity index (χ2v) is 6.22. The maximum Gasteiger partial charge on any atom is 0.0992 e. The number of hydrogen-bond acceptors (Lipinski definition) is 4. The van der Waals surface area contributed by atoms with Gasteiger partial charge in [-0.25, -0.2) is 0 Å². The first-order valence-electron chi connectivity index (χ1n) is 7.03. The number of likely N-dealkylation sites (N-methyl/N-ethyl adjacent to an activating group) is 1. The molecule has 20 heavy (non-hydrogen) atoms. The van der Waals surface area contributed by atoms with Crippen LogP contribution in [0.2, 0.25) is 0 Å². The van der Waals surface area contributed by atoms with Crippen molar-refractivity contribution in [2.45, 2.75) is 32.4 Å². The maximum atomic E-state index is 9.96. The van der Waals surface area contributed by atoms with Gasteiger partial charge in [-0.2, -0.15) is 5.26 Å². The van der Waals surface area contributed by atoms with Crippen molar-refractivity contribution < 1.29 is 5.11 Å². The van der Waals surface area contributed by atoms with E-state index in [1.54, 1.807) is 13.0 Å². The van der Waals surface area contributed by atoms with Crippen LogP contribution >= 0.6 is 0 Å². The Morgan fingerprint density at radius 3 is 2.60 bits per heavy atom. The molecule has 0 saturated carbocycles. The Morgan fingerprint density at radius 1 is 1.35 bits per heavy atom. The maximum absolute atomic E-state index is 9.96. The van der Waals surface area contributed by atoms with Gasteiger partial charge in [0.2, 0.25) is 0 Å². The van der Waals surface area contributed by atoms with Gasteiger partial charge < -0.3 is 10.0 Å². The highest BCUT2D eigenvalue weighted by molar-refractivity contribution is 5.59. The number of nitriles is 1. The lowest BCUT2D eigenvalue weighted by molar-refractivity contribution is 0.138. The molecule has 0 unspecified atom stereocenters. The lowest BCUT2D eigenvalue weighted by Crippen LogP contribution is -2.57. The summed E-state index contributed by atoms with van der Waals surface area (Å²) >= 11 is 0. The molecule has 1 aromatic rings. The first-order chi connectivity index (χ1) is 9.35. The third-order valence-electron chi connectivity index (χ3n) is 4.27. The number of hydrogen-bond donors (Lipinski definition) is 1. The van der Waals surface area contributed by atoms with Crippen LogP contribution in [0, 0.1) is 11.3 Å². The van der Waals surface area contributed by atoms with E-state index >= 15 is 0 Å². The SMILES string of the molecule is C[C@H](O)c1ccc(C#N)cc1N1CCN(C)C(C)(C)C1. The van der Waals surface area contributed by atoms with Gasteiger partial charge in [-0.05, 0) is 40.0 Å². The number of nitrogens with zero attached hydrogens (tertiary/aromatic N) is 3. The third kappa shape index (κ3) is 2.79. The molecular formula is C16H23N3O. The van der Waals surface area contributed by atoms with Gasteiger partial charge in [0.1, 0.15) is 0 Å². The Labute approximate surface area is 121 Å². The third-order valence-corrected chi connectivity index (χ3v) is 4.27. The van der Waals surface area contributed by atoms with Crippen molar-refractivity contribution in [1.82, 2.24) is 4.90 Å². The molecule has 4 nitrogen and oxygen atoms in total. The van der Waals surface area contributed by atoms with Crippen molar-refractivity contribution in [1.29, 1.82) is 5.26 Å².